The number of halogens is 1. The monoisotopic (exact) mass is 379 g/mol. The van der Waals surface area contributed by atoms with Gasteiger partial charge in [0.2, 0.25) is 5.95 Å². The summed E-state index contributed by atoms with van der Waals surface area (Å²) in [5.41, 5.74) is 0.877. The number of aliphatic hydroxyl groups is 1. The minimum atomic E-state index is -0.161. The van der Waals surface area contributed by atoms with Gasteiger partial charge in [0.25, 0.3) is 0 Å². The molecule has 4 rings (SSSR count). The maximum absolute atomic E-state index is 9.71. The molecule has 2 aliphatic carbocycles. The van der Waals surface area contributed by atoms with Crippen molar-refractivity contribution in [3.05, 3.63) is 10.8 Å². The van der Waals surface area contributed by atoms with Gasteiger partial charge in [-0.15, -0.1) is 0 Å². The third-order valence-corrected chi connectivity index (χ3v) is 5.53. The molecule has 0 unspecified atom stereocenters. The van der Waals surface area contributed by atoms with E-state index < -0.39 is 0 Å². The fourth-order valence-electron chi connectivity index (χ4n) is 3.33. The van der Waals surface area contributed by atoms with E-state index in [1.54, 1.807) is 0 Å². The Bertz CT molecular complexity index is 691. The number of rotatable bonds is 5. The highest BCUT2D eigenvalue weighted by atomic mass is 79.9. The van der Waals surface area contributed by atoms with Crippen LogP contribution >= 0.6 is 15.9 Å². The number of anilines is 1. The molecule has 0 aromatic carbocycles. The molecule has 2 aromatic heterocycles. The van der Waals surface area contributed by atoms with Crippen LogP contribution in [0.1, 0.15) is 51.0 Å². The van der Waals surface area contributed by atoms with Crippen LogP contribution in [0.3, 0.4) is 0 Å². The Kier molecular flexibility index (Phi) is 4.24. The van der Waals surface area contributed by atoms with E-state index in [0.717, 1.165) is 53.8 Å². The van der Waals surface area contributed by atoms with Crippen molar-refractivity contribution in [1.82, 2.24) is 19.7 Å². The Labute approximate surface area is 143 Å². The largest absolute Gasteiger partial charge is 0.393 e. The summed E-state index contributed by atoms with van der Waals surface area (Å²) < 4.78 is 2.81. The normalized spacial score (nSPS) is 25.0. The molecule has 2 aromatic rings. The fraction of sp³-hybridized carbons (Fsp3) is 0.688. The molecule has 2 N–H and O–H groups in total. The smallest absolute Gasteiger partial charge is 0.224 e. The molecule has 2 heterocycles. The maximum atomic E-state index is 9.71. The van der Waals surface area contributed by atoms with Crippen molar-refractivity contribution in [3.63, 3.8) is 0 Å². The van der Waals surface area contributed by atoms with Crippen LogP contribution in [-0.4, -0.2) is 37.5 Å². The summed E-state index contributed by atoms with van der Waals surface area (Å²) in [5, 5.41) is 18.6. The van der Waals surface area contributed by atoms with Gasteiger partial charge in [0.1, 0.15) is 4.60 Å². The summed E-state index contributed by atoms with van der Waals surface area (Å²) in [6.07, 6.45) is 9.17. The van der Waals surface area contributed by atoms with Gasteiger partial charge in [-0.25, -0.2) is 9.67 Å². The molecule has 2 saturated carbocycles. The molecule has 0 saturated heterocycles. The molecular weight excluding hydrogens is 358 g/mol. The van der Waals surface area contributed by atoms with Crippen molar-refractivity contribution in [3.8, 4) is 0 Å². The van der Waals surface area contributed by atoms with Gasteiger partial charge in [-0.3, -0.25) is 0 Å². The SMILES string of the molecule is OC1CCC(n2nc(Br)c3cnc(NCCC4CC4)nc32)CC1. The zero-order valence-electron chi connectivity index (χ0n) is 13.1. The first kappa shape index (κ1) is 15.3. The van der Waals surface area contributed by atoms with Gasteiger partial charge in [0, 0.05) is 12.7 Å². The molecule has 0 aliphatic heterocycles. The van der Waals surface area contributed by atoms with Crippen molar-refractivity contribution in [1.29, 1.82) is 0 Å². The van der Waals surface area contributed by atoms with E-state index in [1.807, 2.05) is 10.9 Å². The average Bonchev–Trinajstić information content (AvgIpc) is 3.32. The van der Waals surface area contributed by atoms with Gasteiger partial charge in [-0.1, -0.05) is 12.8 Å². The van der Waals surface area contributed by atoms with E-state index in [9.17, 15) is 5.11 Å². The van der Waals surface area contributed by atoms with Crippen molar-refractivity contribution in [2.24, 2.45) is 5.92 Å². The Hall–Kier alpha value is -1.21. The van der Waals surface area contributed by atoms with Gasteiger partial charge < -0.3 is 10.4 Å². The number of aliphatic hydroxyl groups excluding tert-OH is 1. The predicted molar refractivity (Wildman–Crippen MR) is 92.4 cm³/mol. The topological polar surface area (TPSA) is 75.9 Å². The van der Waals surface area contributed by atoms with E-state index in [1.165, 1.54) is 19.3 Å². The van der Waals surface area contributed by atoms with E-state index in [0.29, 0.717) is 12.0 Å². The molecule has 7 heteroatoms. The van der Waals surface area contributed by atoms with Crippen LogP contribution in [0.5, 0.6) is 0 Å². The van der Waals surface area contributed by atoms with Crippen LogP contribution in [0.2, 0.25) is 0 Å². The predicted octanol–water partition coefficient (Wildman–Crippen LogP) is 3.28. The Morgan fingerprint density at radius 3 is 2.74 bits per heavy atom. The quantitative estimate of drug-likeness (QED) is 0.833. The van der Waals surface area contributed by atoms with Gasteiger partial charge in [-0.2, -0.15) is 10.1 Å². The molecule has 6 nitrogen and oxygen atoms in total. The van der Waals surface area contributed by atoms with E-state index in [2.05, 4.69) is 31.3 Å². The summed E-state index contributed by atoms with van der Waals surface area (Å²) in [6.45, 7) is 0.932. The molecular formula is C16H22BrN5O. The highest BCUT2D eigenvalue weighted by Gasteiger charge is 2.25. The molecule has 0 amide bonds. The highest BCUT2D eigenvalue weighted by molar-refractivity contribution is 9.10. The molecule has 124 valence electrons. The third-order valence-electron chi connectivity index (χ3n) is 4.95. The zero-order valence-corrected chi connectivity index (χ0v) is 14.7. The second kappa shape index (κ2) is 6.36. The van der Waals surface area contributed by atoms with Gasteiger partial charge >= 0.3 is 0 Å². The van der Waals surface area contributed by atoms with Gasteiger partial charge in [0.05, 0.1) is 17.5 Å². The number of hydrogen-bond acceptors (Lipinski definition) is 5. The first-order chi connectivity index (χ1) is 11.2. The number of nitrogens with zero attached hydrogens (tertiary/aromatic N) is 4. The van der Waals surface area contributed by atoms with Gasteiger partial charge in [-0.05, 0) is 54.0 Å². The molecule has 23 heavy (non-hydrogen) atoms. The summed E-state index contributed by atoms with van der Waals surface area (Å²) in [4.78, 5) is 9.10. The van der Waals surface area contributed by atoms with E-state index >= 15 is 0 Å². The minimum absolute atomic E-state index is 0.161. The first-order valence-electron chi connectivity index (χ1n) is 8.53. The standard InChI is InChI=1S/C16H22BrN5O/c17-14-13-9-19-16(18-8-7-10-1-2-10)20-15(13)22(21-14)11-3-5-12(23)6-4-11/h9-12,23H,1-8H2,(H,18,19,20). The number of hydrogen-bond donors (Lipinski definition) is 2. The molecule has 0 bridgehead atoms. The Balaban J connectivity index is 1.56. The lowest BCUT2D eigenvalue weighted by Crippen LogP contribution is -2.22. The lowest BCUT2D eigenvalue weighted by Gasteiger charge is -2.25. The second-order valence-electron chi connectivity index (χ2n) is 6.79. The van der Waals surface area contributed by atoms with Crippen LogP contribution < -0.4 is 5.32 Å². The molecule has 2 aliphatic rings. The lowest BCUT2D eigenvalue weighted by molar-refractivity contribution is 0.109. The van der Waals surface area contributed by atoms with Gasteiger partial charge in [0.15, 0.2) is 5.65 Å². The number of fused-ring (bicyclic) bond motifs is 1. The van der Waals surface area contributed by atoms with Crippen molar-refractivity contribution >= 4 is 32.9 Å². The van der Waals surface area contributed by atoms with Crippen molar-refractivity contribution in [2.45, 2.75) is 57.1 Å². The van der Waals surface area contributed by atoms with Crippen LogP contribution in [0.25, 0.3) is 11.0 Å². The van der Waals surface area contributed by atoms with E-state index in [4.69, 9.17) is 4.98 Å². The van der Waals surface area contributed by atoms with Crippen LogP contribution in [-0.2, 0) is 0 Å². The molecule has 0 atom stereocenters. The fourth-order valence-corrected chi connectivity index (χ4v) is 3.78. The lowest BCUT2D eigenvalue weighted by atomic mass is 9.93. The van der Waals surface area contributed by atoms with Crippen LogP contribution in [0, 0.1) is 5.92 Å². The van der Waals surface area contributed by atoms with Crippen molar-refractivity contribution < 1.29 is 5.11 Å². The Morgan fingerprint density at radius 1 is 1.22 bits per heavy atom. The summed E-state index contributed by atoms with van der Waals surface area (Å²) >= 11 is 3.52. The molecule has 0 spiro atoms. The minimum Gasteiger partial charge on any atom is -0.393 e. The average molecular weight is 380 g/mol. The number of nitrogens with one attached hydrogen (secondary N) is 1. The highest BCUT2D eigenvalue weighted by Crippen LogP contribution is 2.33. The van der Waals surface area contributed by atoms with Crippen LogP contribution in [0.15, 0.2) is 10.8 Å². The summed E-state index contributed by atoms with van der Waals surface area (Å²) in [6, 6.07) is 0.307. The maximum Gasteiger partial charge on any atom is 0.224 e. The summed E-state index contributed by atoms with van der Waals surface area (Å²) in [5.74, 6) is 1.59. The first-order valence-corrected chi connectivity index (χ1v) is 9.32. The van der Waals surface area contributed by atoms with E-state index in [-0.39, 0.29) is 6.10 Å². The molecule has 2 fully saturated rings. The van der Waals surface area contributed by atoms with Crippen molar-refractivity contribution in [2.75, 3.05) is 11.9 Å². The zero-order chi connectivity index (χ0) is 15.8. The molecule has 0 radical (unpaired) electrons. The Morgan fingerprint density at radius 2 is 2.00 bits per heavy atom. The second-order valence-corrected chi connectivity index (χ2v) is 7.54. The summed E-state index contributed by atoms with van der Waals surface area (Å²) in [7, 11) is 0. The van der Waals surface area contributed by atoms with Crippen LogP contribution in [0.4, 0.5) is 5.95 Å². The third kappa shape index (κ3) is 3.35. The number of aromatic nitrogens is 4.